The van der Waals surface area contributed by atoms with Crippen molar-refractivity contribution in [2.24, 2.45) is 0 Å². The predicted molar refractivity (Wildman–Crippen MR) is 71.0 cm³/mol. The summed E-state index contributed by atoms with van der Waals surface area (Å²) < 4.78 is 5.08. The number of urea groups is 1. The van der Waals surface area contributed by atoms with E-state index in [4.69, 9.17) is 21.4 Å². The minimum atomic E-state index is -0.218. The van der Waals surface area contributed by atoms with Gasteiger partial charge in [0.05, 0.1) is 19.8 Å². The summed E-state index contributed by atoms with van der Waals surface area (Å²) in [4.78, 5) is 13.2. The quantitative estimate of drug-likeness (QED) is 0.777. The van der Waals surface area contributed by atoms with Gasteiger partial charge >= 0.3 is 6.03 Å². The van der Waals surface area contributed by atoms with Crippen LogP contribution in [-0.4, -0.2) is 49.5 Å². The lowest BCUT2D eigenvalue weighted by Gasteiger charge is -2.17. The van der Waals surface area contributed by atoms with Gasteiger partial charge in [-0.25, -0.2) is 4.79 Å². The molecule has 0 unspecified atom stereocenters. The molecule has 0 saturated heterocycles. The summed E-state index contributed by atoms with van der Waals surface area (Å²) in [7, 11) is 1.67. The third kappa shape index (κ3) is 5.35. The zero-order valence-electron chi connectivity index (χ0n) is 10.2. The summed E-state index contributed by atoms with van der Waals surface area (Å²) in [5.74, 6) is 0. The molecule has 0 heterocycles. The SMILES string of the molecule is CN(CCOCCO)C(=O)Nc1ccc(Cl)cc1. The Bertz CT molecular complexity index is 370. The Morgan fingerprint density at radius 1 is 1.39 bits per heavy atom. The summed E-state index contributed by atoms with van der Waals surface area (Å²) in [6, 6.07) is 6.67. The highest BCUT2D eigenvalue weighted by molar-refractivity contribution is 6.30. The van der Waals surface area contributed by atoms with E-state index in [0.717, 1.165) is 0 Å². The molecule has 0 atom stereocenters. The molecule has 5 nitrogen and oxygen atoms in total. The minimum absolute atomic E-state index is 0.0132. The van der Waals surface area contributed by atoms with Crippen LogP contribution in [0.1, 0.15) is 0 Å². The lowest BCUT2D eigenvalue weighted by atomic mass is 10.3. The molecule has 1 aromatic carbocycles. The van der Waals surface area contributed by atoms with E-state index in [9.17, 15) is 4.79 Å². The average Bonchev–Trinajstić information content (AvgIpc) is 2.37. The van der Waals surface area contributed by atoms with Gasteiger partial charge in [0.2, 0.25) is 0 Å². The van der Waals surface area contributed by atoms with Crippen LogP contribution in [0.2, 0.25) is 5.02 Å². The molecule has 1 rings (SSSR count). The first-order chi connectivity index (χ1) is 8.63. The number of rotatable bonds is 6. The largest absolute Gasteiger partial charge is 0.394 e. The number of anilines is 1. The van der Waals surface area contributed by atoms with Gasteiger partial charge in [-0.3, -0.25) is 0 Å². The van der Waals surface area contributed by atoms with Gasteiger partial charge in [-0.05, 0) is 24.3 Å². The van der Waals surface area contributed by atoms with Gasteiger partial charge in [-0.1, -0.05) is 11.6 Å². The van der Waals surface area contributed by atoms with Crippen LogP contribution in [0, 0.1) is 0 Å². The number of ether oxygens (including phenoxy) is 1. The fourth-order valence-electron chi connectivity index (χ4n) is 1.22. The lowest BCUT2D eigenvalue weighted by Crippen LogP contribution is -2.34. The van der Waals surface area contributed by atoms with Crippen LogP contribution in [0.25, 0.3) is 0 Å². The van der Waals surface area contributed by atoms with Crippen LogP contribution in [0.15, 0.2) is 24.3 Å². The maximum absolute atomic E-state index is 11.7. The first-order valence-corrected chi connectivity index (χ1v) is 5.97. The molecule has 0 bridgehead atoms. The molecule has 18 heavy (non-hydrogen) atoms. The van der Waals surface area contributed by atoms with Gasteiger partial charge < -0.3 is 20.1 Å². The molecule has 0 aliphatic heterocycles. The van der Waals surface area contributed by atoms with E-state index in [1.54, 1.807) is 31.3 Å². The van der Waals surface area contributed by atoms with Crippen molar-refractivity contribution in [3.8, 4) is 0 Å². The molecule has 1 aromatic rings. The molecule has 0 aliphatic rings. The number of aliphatic hydroxyl groups excluding tert-OH is 1. The third-order valence-corrected chi connectivity index (χ3v) is 2.50. The number of carbonyl (C=O) groups is 1. The van der Waals surface area contributed by atoms with Crippen LogP contribution in [0.4, 0.5) is 10.5 Å². The number of aliphatic hydroxyl groups is 1. The van der Waals surface area contributed by atoms with Crippen molar-refractivity contribution < 1.29 is 14.6 Å². The Kier molecular flexibility index (Phi) is 6.49. The number of nitrogens with zero attached hydrogens (tertiary/aromatic N) is 1. The van der Waals surface area contributed by atoms with Crippen LogP contribution in [-0.2, 0) is 4.74 Å². The molecule has 0 radical (unpaired) electrons. The molecule has 6 heteroatoms. The van der Waals surface area contributed by atoms with E-state index in [1.807, 2.05) is 0 Å². The van der Waals surface area contributed by atoms with E-state index in [1.165, 1.54) is 4.90 Å². The first-order valence-electron chi connectivity index (χ1n) is 5.60. The van der Waals surface area contributed by atoms with Crippen molar-refractivity contribution in [1.29, 1.82) is 0 Å². The Labute approximate surface area is 111 Å². The first kappa shape index (κ1) is 14.8. The number of hydrogen-bond donors (Lipinski definition) is 2. The van der Waals surface area contributed by atoms with Gasteiger partial charge in [-0.2, -0.15) is 0 Å². The van der Waals surface area contributed by atoms with Gasteiger partial charge in [0.15, 0.2) is 0 Å². The Hall–Kier alpha value is -1.30. The molecule has 100 valence electrons. The highest BCUT2D eigenvalue weighted by Gasteiger charge is 2.08. The van der Waals surface area contributed by atoms with Crippen molar-refractivity contribution >= 4 is 23.3 Å². The molecule has 0 fully saturated rings. The molecule has 0 aliphatic carbocycles. The highest BCUT2D eigenvalue weighted by Crippen LogP contribution is 2.13. The number of likely N-dealkylation sites (N-methyl/N-ethyl adjacent to an activating group) is 1. The summed E-state index contributed by atoms with van der Waals surface area (Å²) >= 11 is 5.75. The third-order valence-electron chi connectivity index (χ3n) is 2.25. The fourth-order valence-corrected chi connectivity index (χ4v) is 1.35. The Balaban J connectivity index is 2.33. The molecule has 2 amide bonds. The zero-order valence-corrected chi connectivity index (χ0v) is 11.0. The van der Waals surface area contributed by atoms with Crippen molar-refractivity contribution in [1.82, 2.24) is 4.90 Å². The Morgan fingerprint density at radius 2 is 2.06 bits per heavy atom. The maximum Gasteiger partial charge on any atom is 0.321 e. The topological polar surface area (TPSA) is 61.8 Å². The minimum Gasteiger partial charge on any atom is -0.394 e. The normalized spacial score (nSPS) is 10.2. The number of nitrogens with one attached hydrogen (secondary N) is 1. The number of hydrogen-bond acceptors (Lipinski definition) is 3. The molecular formula is C12H17ClN2O3. The number of benzene rings is 1. The highest BCUT2D eigenvalue weighted by atomic mass is 35.5. The van der Waals surface area contributed by atoms with Gasteiger partial charge in [-0.15, -0.1) is 0 Å². The second-order valence-corrected chi connectivity index (χ2v) is 4.13. The summed E-state index contributed by atoms with van der Waals surface area (Å²) in [5, 5.41) is 11.9. The lowest BCUT2D eigenvalue weighted by molar-refractivity contribution is 0.0833. The standard InChI is InChI=1S/C12H17ClN2O3/c1-15(6-8-18-9-7-16)12(17)14-11-4-2-10(13)3-5-11/h2-5,16H,6-9H2,1H3,(H,14,17). The van der Waals surface area contributed by atoms with Crippen molar-refractivity contribution in [3.63, 3.8) is 0 Å². The van der Waals surface area contributed by atoms with Gasteiger partial charge in [0.25, 0.3) is 0 Å². The molecule has 0 aromatic heterocycles. The van der Waals surface area contributed by atoms with E-state index >= 15 is 0 Å². The van der Waals surface area contributed by atoms with E-state index in [2.05, 4.69) is 5.32 Å². The smallest absolute Gasteiger partial charge is 0.321 e. The summed E-state index contributed by atoms with van der Waals surface area (Å²) in [6.45, 7) is 1.12. The van der Waals surface area contributed by atoms with Crippen molar-refractivity contribution in [2.75, 3.05) is 38.7 Å². The van der Waals surface area contributed by atoms with Crippen molar-refractivity contribution in [2.45, 2.75) is 0 Å². The van der Waals surface area contributed by atoms with Crippen LogP contribution < -0.4 is 5.32 Å². The number of amides is 2. The summed E-state index contributed by atoms with van der Waals surface area (Å²) in [6.07, 6.45) is 0. The molecular weight excluding hydrogens is 256 g/mol. The van der Waals surface area contributed by atoms with Crippen LogP contribution >= 0.6 is 11.6 Å². The molecule has 0 saturated carbocycles. The van der Waals surface area contributed by atoms with Gasteiger partial charge in [0.1, 0.15) is 0 Å². The number of carbonyl (C=O) groups excluding carboxylic acids is 1. The second kappa shape index (κ2) is 7.92. The monoisotopic (exact) mass is 272 g/mol. The van der Waals surface area contributed by atoms with Crippen molar-refractivity contribution in [3.05, 3.63) is 29.3 Å². The Morgan fingerprint density at radius 3 is 2.67 bits per heavy atom. The fraction of sp³-hybridized carbons (Fsp3) is 0.417. The average molecular weight is 273 g/mol. The maximum atomic E-state index is 11.7. The second-order valence-electron chi connectivity index (χ2n) is 3.69. The van der Waals surface area contributed by atoms with Crippen LogP contribution in [0.5, 0.6) is 0 Å². The summed E-state index contributed by atoms with van der Waals surface area (Å²) in [5.41, 5.74) is 0.688. The van der Waals surface area contributed by atoms with E-state index < -0.39 is 0 Å². The number of halogens is 1. The van der Waals surface area contributed by atoms with Gasteiger partial charge in [0, 0.05) is 24.3 Å². The molecule has 0 spiro atoms. The van der Waals surface area contributed by atoms with E-state index in [0.29, 0.717) is 23.9 Å². The predicted octanol–water partition coefficient (Wildman–Crippen LogP) is 1.81. The van der Waals surface area contributed by atoms with Crippen LogP contribution in [0.3, 0.4) is 0 Å². The zero-order chi connectivity index (χ0) is 13.4. The van der Waals surface area contributed by atoms with E-state index in [-0.39, 0.29) is 19.2 Å². The molecule has 2 N–H and O–H groups in total.